The number of carbonyl (C=O) groups is 2. The van der Waals surface area contributed by atoms with Crippen LogP contribution in [-0.2, 0) is 4.79 Å². The van der Waals surface area contributed by atoms with Crippen molar-refractivity contribution in [1.82, 2.24) is 9.55 Å². The predicted octanol–water partition coefficient (Wildman–Crippen LogP) is 4.62. The smallest absolute Gasteiger partial charge is 0.269 e. The van der Waals surface area contributed by atoms with Crippen LogP contribution >= 0.6 is 11.8 Å². The summed E-state index contributed by atoms with van der Waals surface area (Å²) in [6.07, 6.45) is 0. The molecule has 4 aromatic rings. The molecule has 0 saturated heterocycles. The number of carbonyl (C=O) groups excluding carboxylic acids is 2. The number of nitrogens with zero attached hydrogens (tertiary/aromatic N) is 3. The quantitative estimate of drug-likeness (QED) is 0.132. The molecule has 176 valence electrons. The van der Waals surface area contributed by atoms with Crippen molar-refractivity contribution in [3.63, 3.8) is 0 Å². The average molecular weight is 489 g/mol. The highest BCUT2D eigenvalue weighted by Gasteiger charge is 2.21. The van der Waals surface area contributed by atoms with Gasteiger partial charge in [0.1, 0.15) is 0 Å². The van der Waals surface area contributed by atoms with E-state index < -0.39 is 10.2 Å². The fraction of sp³-hybridized carbons (Fsp3) is 0.120. The summed E-state index contributed by atoms with van der Waals surface area (Å²) in [5, 5.41) is 13.9. The number of anilines is 1. The van der Waals surface area contributed by atoms with Gasteiger partial charge in [0, 0.05) is 23.4 Å². The van der Waals surface area contributed by atoms with Crippen LogP contribution in [0, 0.1) is 10.1 Å². The minimum atomic E-state index is -0.639. The molecule has 4 rings (SSSR count). The lowest BCUT2D eigenvalue weighted by molar-refractivity contribution is -0.384. The molecule has 3 aromatic carbocycles. The van der Waals surface area contributed by atoms with Crippen molar-refractivity contribution in [3.8, 4) is 5.69 Å². The van der Waals surface area contributed by atoms with Gasteiger partial charge in [-0.1, -0.05) is 23.9 Å². The Morgan fingerprint density at radius 1 is 1.03 bits per heavy atom. The van der Waals surface area contributed by atoms with E-state index >= 15 is 0 Å². The molecule has 0 fully saturated rings. The van der Waals surface area contributed by atoms with Gasteiger partial charge in [-0.2, -0.15) is 0 Å². The fourth-order valence-corrected chi connectivity index (χ4v) is 4.31. The molecule has 0 aliphatic heterocycles. The molecule has 1 amide bonds. The van der Waals surface area contributed by atoms with E-state index in [1.807, 2.05) is 0 Å². The Labute approximate surface area is 204 Å². The summed E-state index contributed by atoms with van der Waals surface area (Å²) in [5.74, 6) is -0.387. The van der Waals surface area contributed by atoms with Crippen LogP contribution < -0.4 is 10.9 Å². The highest BCUT2D eigenvalue weighted by molar-refractivity contribution is 8.00. The van der Waals surface area contributed by atoms with Crippen molar-refractivity contribution >= 4 is 45.7 Å². The standard InChI is InChI=1S/C25H20N4O5S/c1-15(30)17-7-9-18(10-8-17)26-23(31)16(2)35-25-27-22-6-4-3-5-21(22)24(32)28(25)19-11-13-20(14-12-19)29(33)34/h3-14,16H,1-2H3,(H,26,31)/t16-/m0/s1. The summed E-state index contributed by atoms with van der Waals surface area (Å²) in [4.78, 5) is 52.8. The summed E-state index contributed by atoms with van der Waals surface area (Å²) < 4.78 is 1.35. The minimum absolute atomic E-state index is 0.0709. The first-order chi connectivity index (χ1) is 16.7. The Balaban J connectivity index is 1.67. The second-order valence-corrected chi connectivity index (χ2v) is 9.02. The van der Waals surface area contributed by atoms with E-state index in [2.05, 4.69) is 10.3 Å². The molecule has 35 heavy (non-hydrogen) atoms. The molecule has 1 atom stereocenters. The zero-order valence-corrected chi connectivity index (χ0v) is 19.6. The number of nitro groups is 1. The van der Waals surface area contributed by atoms with E-state index in [4.69, 9.17) is 0 Å². The molecule has 0 bridgehead atoms. The van der Waals surface area contributed by atoms with Crippen LogP contribution in [0.2, 0.25) is 0 Å². The van der Waals surface area contributed by atoms with Crippen molar-refractivity contribution in [3.05, 3.63) is 98.8 Å². The van der Waals surface area contributed by atoms with Gasteiger partial charge in [0.15, 0.2) is 10.9 Å². The normalized spacial score (nSPS) is 11.7. The molecular formula is C25H20N4O5S. The largest absolute Gasteiger partial charge is 0.325 e. The topological polar surface area (TPSA) is 124 Å². The fourth-order valence-electron chi connectivity index (χ4n) is 3.39. The molecule has 9 nitrogen and oxygen atoms in total. The van der Waals surface area contributed by atoms with E-state index in [9.17, 15) is 24.5 Å². The first-order valence-corrected chi connectivity index (χ1v) is 11.5. The predicted molar refractivity (Wildman–Crippen MR) is 134 cm³/mol. The third-order valence-electron chi connectivity index (χ3n) is 5.27. The van der Waals surface area contributed by atoms with Gasteiger partial charge in [-0.15, -0.1) is 0 Å². The number of nitro benzene ring substituents is 1. The Morgan fingerprint density at radius 3 is 2.31 bits per heavy atom. The Hall–Kier alpha value is -4.31. The van der Waals surface area contributed by atoms with Gasteiger partial charge in [-0.05, 0) is 62.4 Å². The molecule has 0 aliphatic carbocycles. The van der Waals surface area contributed by atoms with E-state index in [-0.39, 0.29) is 28.1 Å². The molecule has 0 unspecified atom stereocenters. The minimum Gasteiger partial charge on any atom is -0.325 e. The Bertz CT molecular complexity index is 1500. The number of amides is 1. The molecule has 0 radical (unpaired) electrons. The Kier molecular flexibility index (Phi) is 6.74. The molecule has 1 heterocycles. The molecule has 0 spiro atoms. The summed E-state index contributed by atoms with van der Waals surface area (Å²) in [5.41, 5.74) is 1.50. The lowest BCUT2D eigenvalue weighted by Crippen LogP contribution is -2.26. The number of non-ortho nitro benzene ring substituents is 1. The Morgan fingerprint density at radius 2 is 1.69 bits per heavy atom. The highest BCUT2D eigenvalue weighted by atomic mass is 32.2. The number of thioether (sulfide) groups is 1. The van der Waals surface area contributed by atoms with E-state index in [0.717, 1.165) is 11.8 Å². The zero-order chi connectivity index (χ0) is 25.1. The molecule has 1 aromatic heterocycles. The van der Waals surface area contributed by atoms with Crippen LogP contribution in [0.25, 0.3) is 16.6 Å². The van der Waals surface area contributed by atoms with Gasteiger partial charge < -0.3 is 5.32 Å². The van der Waals surface area contributed by atoms with Crippen LogP contribution in [0.1, 0.15) is 24.2 Å². The van der Waals surface area contributed by atoms with Crippen LogP contribution in [0.4, 0.5) is 11.4 Å². The van der Waals surface area contributed by atoms with E-state index in [0.29, 0.717) is 27.8 Å². The molecule has 0 aliphatic rings. The van der Waals surface area contributed by atoms with E-state index in [1.54, 1.807) is 55.5 Å². The molecular weight excluding hydrogens is 468 g/mol. The van der Waals surface area contributed by atoms with Crippen molar-refractivity contribution in [2.24, 2.45) is 0 Å². The number of hydrogen-bond donors (Lipinski definition) is 1. The SMILES string of the molecule is CC(=O)c1ccc(NC(=O)[C@H](C)Sc2nc3ccccc3c(=O)n2-c2ccc([N+](=O)[O-])cc2)cc1. The third-order valence-corrected chi connectivity index (χ3v) is 6.33. The number of fused-ring (bicyclic) bond motifs is 1. The molecule has 1 N–H and O–H groups in total. The number of aromatic nitrogens is 2. The number of rotatable bonds is 7. The third kappa shape index (κ3) is 5.12. The number of Topliss-reactive ketones (excluding diaryl/α,β-unsaturated/α-hetero) is 1. The van der Waals surface area contributed by atoms with Gasteiger partial charge in [0.2, 0.25) is 5.91 Å². The van der Waals surface area contributed by atoms with Crippen LogP contribution in [0.3, 0.4) is 0 Å². The zero-order valence-electron chi connectivity index (χ0n) is 18.8. The number of benzene rings is 3. The van der Waals surface area contributed by atoms with Gasteiger partial charge in [-0.3, -0.25) is 29.1 Å². The molecule has 0 saturated carbocycles. The second kappa shape index (κ2) is 9.90. The van der Waals surface area contributed by atoms with Crippen molar-refractivity contribution in [2.45, 2.75) is 24.3 Å². The highest BCUT2D eigenvalue weighted by Crippen LogP contribution is 2.27. The maximum absolute atomic E-state index is 13.3. The summed E-state index contributed by atoms with van der Waals surface area (Å²) >= 11 is 1.09. The van der Waals surface area contributed by atoms with Crippen LogP contribution in [0.5, 0.6) is 0 Å². The summed E-state index contributed by atoms with van der Waals surface area (Å²) in [6, 6.07) is 19.0. The number of nitrogens with one attached hydrogen (secondary N) is 1. The number of hydrogen-bond acceptors (Lipinski definition) is 7. The monoisotopic (exact) mass is 488 g/mol. The maximum atomic E-state index is 13.3. The summed E-state index contributed by atoms with van der Waals surface area (Å²) in [6.45, 7) is 3.15. The van der Waals surface area contributed by atoms with Gasteiger partial charge in [-0.25, -0.2) is 4.98 Å². The van der Waals surface area contributed by atoms with Crippen LogP contribution in [0.15, 0.2) is 82.7 Å². The van der Waals surface area contributed by atoms with Gasteiger partial charge in [0.25, 0.3) is 11.2 Å². The second-order valence-electron chi connectivity index (χ2n) is 7.71. The van der Waals surface area contributed by atoms with Crippen molar-refractivity contribution in [2.75, 3.05) is 5.32 Å². The van der Waals surface area contributed by atoms with Crippen molar-refractivity contribution < 1.29 is 14.5 Å². The van der Waals surface area contributed by atoms with Gasteiger partial charge in [0.05, 0.1) is 26.8 Å². The van der Waals surface area contributed by atoms with E-state index in [1.165, 1.54) is 35.8 Å². The average Bonchev–Trinajstić information content (AvgIpc) is 2.84. The number of ketones is 1. The first-order valence-electron chi connectivity index (χ1n) is 10.6. The lowest BCUT2D eigenvalue weighted by atomic mass is 10.1. The first kappa shape index (κ1) is 23.8. The lowest BCUT2D eigenvalue weighted by Gasteiger charge is -2.16. The molecule has 10 heteroatoms. The summed E-state index contributed by atoms with van der Waals surface area (Å²) in [7, 11) is 0. The number of para-hydroxylation sites is 1. The van der Waals surface area contributed by atoms with Crippen LogP contribution in [-0.4, -0.2) is 31.4 Å². The van der Waals surface area contributed by atoms with Gasteiger partial charge >= 0.3 is 0 Å². The maximum Gasteiger partial charge on any atom is 0.269 e. The van der Waals surface area contributed by atoms with Crippen molar-refractivity contribution in [1.29, 1.82) is 0 Å².